The van der Waals surface area contributed by atoms with E-state index in [2.05, 4.69) is 5.32 Å². The van der Waals surface area contributed by atoms with Gasteiger partial charge in [0.25, 0.3) is 0 Å². The van der Waals surface area contributed by atoms with Crippen molar-refractivity contribution in [3.8, 4) is 0 Å². The van der Waals surface area contributed by atoms with Crippen LogP contribution in [0.25, 0.3) is 0 Å². The second-order valence-electron chi connectivity index (χ2n) is 4.79. The fourth-order valence-corrected chi connectivity index (χ4v) is 2.45. The Balaban J connectivity index is 1.99. The van der Waals surface area contributed by atoms with Gasteiger partial charge in [-0.2, -0.15) is 0 Å². The Bertz CT molecular complexity index is 411. The first-order valence-corrected chi connectivity index (χ1v) is 6.61. The van der Waals surface area contributed by atoms with E-state index >= 15 is 0 Å². The largest absolute Gasteiger partial charge is 0.326 e. The smallest absolute Gasteiger partial charge is 0.227 e. The summed E-state index contributed by atoms with van der Waals surface area (Å²) >= 11 is 5.95. The zero-order valence-corrected chi connectivity index (χ0v) is 10.9. The first-order chi connectivity index (χ1) is 8.16. The number of rotatable bonds is 2. The molecule has 1 aromatic rings. The van der Waals surface area contributed by atoms with Gasteiger partial charge in [-0.05, 0) is 43.5 Å². The summed E-state index contributed by atoms with van der Waals surface area (Å²) in [5.74, 6) is 0.353. The van der Waals surface area contributed by atoms with Gasteiger partial charge in [-0.3, -0.25) is 4.79 Å². The number of anilines is 1. The molecule has 1 aliphatic rings. The Labute approximate surface area is 107 Å². The molecule has 1 amide bonds. The molecule has 0 spiro atoms. The molecule has 0 aliphatic heterocycles. The van der Waals surface area contributed by atoms with E-state index in [1.165, 1.54) is 19.3 Å². The van der Waals surface area contributed by atoms with Gasteiger partial charge in [0, 0.05) is 16.6 Å². The highest BCUT2D eigenvalue weighted by Gasteiger charge is 2.20. The fraction of sp³-hybridized carbons (Fsp3) is 0.500. The Kier molecular flexibility index (Phi) is 4.06. The minimum atomic E-state index is 0.159. The van der Waals surface area contributed by atoms with Gasteiger partial charge < -0.3 is 5.32 Å². The van der Waals surface area contributed by atoms with E-state index in [0.717, 1.165) is 29.1 Å². The van der Waals surface area contributed by atoms with Gasteiger partial charge in [0.2, 0.25) is 5.91 Å². The number of nitrogens with one attached hydrogen (secondary N) is 1. The molecule has 1 saturated carbocycles. The topological polar surface area (TPSA) is 29.1 Å². The van der Waals surface area contributed by atoms with Crippen molar-refractivity contribution in [3.05, 3.63) is 28.8 Å². The third-order valence-corrected chi connectivity index (χ3v) is 3.83. The molecule has 17 heavy (non-hydrogen) atoms. The van der Waals surface area contributed by atoms with E-state index in [9.17, 15) is 4.79 Å². The molecule has 0 heterocycles. The minimum absolute atomic E-state index is 0.159. The summed E-state index contributed by atoms with van der Waals surface area (Å²) in [6, 6.07) is 5.60. The molecule has 1 N–H and O–H groups in total. The SMILES string of the molecule is Cc1cc(NC(=O)C2CCCCC2)ccc1Cl. The van der Waals surface area contributed by atoms with Crippen molar-refractivity contribution >= 4 is 23.2 Å². The number of halogens is 1. The van der Waals surface area contributed by atoms with E-state index in [1.54, 1.807) is 0 Å². The molecule has 0 radical (unpaired) electrons. The van der Waals surface area contributed by atoms with Crippen LogP contribution in [0.15, 0.2) is 18.2 Å². The number of carbonyl (C=O) groups is 1. The molecule has 0 atom stereocenters. The zero-order valence-electron chi connectivity index (χ0n) is 10.1. The van der Waals surface area contributed by atoms with Crippen molar-refractivity contribution < 1.29 is 4.79 Å². The zero-order chi connectivity index (χ0) is 12.3. The summed E-state index contributed by atoms with van der Waals surface area (Å²) in [5, 5.41) is 3.72. The first-order valence-electron chi connectivity index (χ1n) is 6.24. The highest BCUT2D eigenvalue weighted by atomic mass is 35.5. The predicted molar refractivity (Wildman–Crippen MR) is 71.4 cm³/mol. The van der Waals surface area contributed by atoms with E-state index in [4.69, 9.17) is 11.6 Å². The van der Waals surface area contributed by atoms with Crippen molar-refractivity contribution in [2.75, 3.05) is 5.32 Å². The van der Waals surface area contributed by atoms with Gasteiger partial charge >= 0.3 is 0 Å². The molecule has 1 aliphatic carbocycles. The summed E-state index contributed by atoms with van der Waals surface area (Å²) in [5.41, 5.74) is 1.84. The van der Waals surface area contributed by atoms with Crippen LogP contribution in [-0.2, 0) is 4.79 Å². The molecule has 0 unspecified atom stereocenters. The van der Waals surface area contributed by atoms with Crippen LogP contribution in [0.1, 0.15) is 37.7 Å². The van der Waals surface area contributed by atoms with Crippen molar-refractivity contribution in [1.82, 2.24) is 0 Å². The highest BCUT2D eigenvalue weighted by Crippen LogP contribution is 2.26. The van der Waals surface area contributed by atoms with Crippen molar-refractivity contribution in [2.45, 2.75) is 39.0 Å². The maximum absolute atomic E-state index is 12.0. The lowest BCUT2D eigenvalue weighted by molar-refractivity contribution is -0.120. The normalized spacial score (nSPS) is 16.8. The van der Waals surface area contributed by atoms with E-state index in [-0.39, 0.29) is 11.8 Å². The van der Waals surface area contributed by atoms with Crippen LogP contribution in [0.4, 0.5) is 5.69 Å². The molecule has 0 bridgehead atoms. The van der Waals surface area contributed by atoms with Gasteiger partial charge in [0.15, 0.2) is 0 Å². The second kappa shape index (κ2) is 5.54. The Morgan fingerprint density at radius 2 is 2.00 bits per heavy atom. The van der Waals surface area contributed by atoms with E-state index in [1.807, 2.05) is 25.1 Å². The average Bonchev–Trinajstić information content (AvgIpc) is 2.35. The summed E-state index contributed by atoms with van der Waals surface area (Å²) in [6.07, 6.45) is 5.68. The van der Waals surface area contributed by atoms with Crippen molar-refractivity contribution in [3.63, 3.8) is 0 Å². The lowest BCUT2D eigenvalue weighted by atomic mass is 9.88. The Morgan fingerprint density at radius 3 is 2.65 bits per heavy atom. The molecule has 0 saturated heterocycles. The Morgan fingerprint density at radius 1 is 1.29 bits per heavy atom. The summed E-state index contributed by atoms with van der Waals surface area (Å²) in [6.45, 7) is 1.94. The first kappa shape index (κ1) is 12.4. The van der Waals surface area contributed by atoms with Gasteiger partial charge in [-0.25, -0.2) is 0 Å². The summed E-state index contributed by atoms with van der Waals surface area (Å²) in [4.78, 5) is 12.0. The average molecular weight is 252 g/mol. The Hall–Kier alpha value is -1.02. The van der Waals surface area contributed by atoms with Gasteiger partial charge in [-0.15, -0.1) is 0 Å². The van der Waals surface area contributed by atoms with Crippen LogP contribution in [0, 0.1) is 12.8 Å². The van der Waals surface area contributed by atoms with Crippen LogP contribution in [-0.4, -0.2) is 5.91 Å². The van der Waals surface area contributed by atoms with Crippen molar-refractivity contribution in [2.24, 2.45) is 5.92 Å². The van der Waals surface area contributed by atoms with Crippen LogP contribution in [0.2, 0.25) is 5.02 Å². The van der Waals surface area contributed by atoms with Gasteiger partial charge in [-0.1, -0.05) is 30.9 Å². The lowest BCUT2D eigenvalue weighted by Crippen LogP contribution is -2.24. The van der Waals surface area contributed by atoms with Crippen LogP contribution >= 0.6 is 11.6 Å². The standard InChI is InChI=1S/C14H18ClNO/c1-10-9-12(7-8-13(10)15)16-14(17)11-5-3-2-4-6-11/h7-9,11H,2-6H2,1H3,(H,16,17). The number of amides is 1. The number of hydrogen-bond donors (Lipinski definition) is 1. The molecule has 3 heteroatoms. The number of carbonyl (C=O) groups excluding carboxylic acids is 1. The highest BCUT2D eigenvalue weighted by molar-refractivity contribution is 6.31. The summed E-state index contributed by atoms with van der Waals surface area (Å²) in [7, 11) is 0. The fourth-order valence-electron chi connectivity index (χ4n) is 2.33. The molecule has 0 aromatic heterocycles. The molecular weight excluding hydrogens is 234 g/mol. The number of benzene rings is 1. The van der Waals surface area contributed by atoms with Crippen LogP contribution in [0.3, 0.4) is 0 Å². The molecule has 2 rings (SSSR count). The predicted octanol–water partition coefficient (Wildman–Crippen LogP) is 4.17. The van der Waals surface area contributed by atoms with E-state index in [0.29, 0.717) is 0 Å². The lowest BCUT2D eigenvalue weighted by Gasteiger charge is -2.20. The van der Waals surface area contributed by atoms with Gasteiger partial charge in [0.1, 0.15) is 0 Å². The van der Waals surface area contributed by atoms with Crippen molar-refractivity contribution in [1.29, 1.82) is 0 Å². The maximum Gasteiger partial charge on any atom is 0.227 e. The quantitative estimate of drug-likeness (QED) is 0.840. The molecule has 2 nitrogen and oxygen atoms in total. The third kappa shape index (κ3) is 3.22. The van der Waals surface area contributed by atoms with Crippen LogP contribution in [0.5, 0.6) is 0 Å². The molecule has 1 aromatic carbocycles. The number of hydrogen-bond acceptors (Lipinski definition) is 1. The molecule has 1 fully saturated rings. The van der Waals surface area contributed by atoms with E-state index < -0.39 is 0 Å². The minimum Gasteiger partial charge on any atom is -0.326 e. The number of aryl methyl sites for hydroxylation is 1. The second-order valence-corrected chi connectivity index (χ2v) is 5.20. The summed E-state index contributed by atoms with van der Waals surface area (Å²) < 4.78 is 0. The maximum atomic E-state index is 12.0. The van der Waals surface area contributed by atoms with Gasteiger partial charge in [0.05, 0.1) is 0 Å². The monoisotopic (exact) mass is 251 g/mol. The third-order valence-electron chi connectivity index (χ3n) is 3.40. The van der Waals surface area contributed by atoms with Crippen LogP contribution < -0.4 is 5.32 Å². The molecule has 92 valence electrons. The molecular formula is C14H18ClNO.